The fourth-order valence-corrected chi connectivity index (χ4v) is 6.41. The molecule has 0 saturated heterocycles. The number of unbranched alkanes of at least 4 members (excludes halogenated alkanes) is 1. The molecule has 0 fully saturated rings. The van der Waals surface area contributed by atoms with Gasteiger partial charge in [0.2, 0.25) is 0 Å². The third kappa shape index (κ3) is 6.66. The first-order chi connectivity index (χ1) is 18.0. The van der Waals surface area contributed by atoms with E-state index in [1.165, 1.54) is 12.7 Å². The minimum absolute atomic E-state index is 0.0601. The van der Waals surface area contributed by atoms with Crippen LogP contribution in [0.1, 0.15) is 65.2 Å². The molecule has 5 nitrogen and oxygen atoms in total. The molecule has 0 heterocycles. The monoisotopic (exact) mass is 520 g/mol. The molecule has 4 rings (SSSR count). The lowest BCUT2D eigenvalue weighted by Crippen LogP contribution is -2.32. The Hall–Kier alpha value is -2.56. The number of carbonyl (C=O) groups excluding carboxylic acids is 1. The van der Waals surface area contributed by atoms with Crippen LogP contribution in [0.2, 0.25) is 0 Å². The minimum Gasteiger partial charge on any atom is -0.294 e. The zero-order valence-corrected chi connectivity index (χ0v) is 22.9. The van der Waals surface area contributed by atoms with Crippen molar-refractivity contribution in [3.05, 3.63) is 107 Å². The van der Waals surface area contributed by atoms with Crippen LogP contribution >= 0.6 is 7.82 Å². The molecule has 1 aliphatic rings. The Morgan fingerprint density at radius 3 is 2.32 bits per heavy atom. The topological polar surface area (TPSA) is 61.8 Å². The molecule has 0 bridgehead atoms. The van der Waals surface area contributed by atoms with Crippen LogP contribution in [0.4, 0.5) is 0 Å². The van der Waals surface area contributed by atoms with Gasteiger partial charge in [0.15, 0.2) is 5.78 Å². The third-order valence-electron chi connectivity index (χ3n) is 7.14. The van der Waals surface area contributed by atoms with Gasteiger partial charge in [0.25, 0.3) is 0 Å². The SMILES string of the molecule is CCCCc1ccc(C(=O)C(Cc2ccccc2)C2c3ccccc3CC2OP(=O)(OC)OCC)cc1. The Balaban J connectivity index is 1.73. The van der Waals surface area contributed by atoms with Gasteiger partial charge in [-0.3, -0.25) is 18.4 Å². The number of rotatable bonds is 13. The minimum atomic E-state index is -3.77. The van der Waals surface area contributed by atoms with Crippen molar-refractivity contribution in [1.29, 1.82) is 0 Å². The highest BCUT2D eigenvalue weighted by molar-refractivity contribution is 7.48. The highest BCUT2D eigenvalue weighted by Crippen LogP contribution is 2.54. The van der Waals surface area contributed by atoms with Gasteiger partial charge >= 0.3 is 7.82 Å². The maximum atomic E-state index is 14.2. The quantitative estimate of drug-likeness (QED) is 0.172. The molecule has 3 aromatic rings. The van der Waals surface area contributed by atoms with Gasteiger partial charge in [-0.15, -0.1) is 0 Å². The first-order valence-electron chi connectivity index (χ1n) is 13.2. The average Bonchev–Trinajstić information content (AvgIpc) is 3.28. The largest absolute Gasteiger partial charge is 0.474 e. The van der Waals surface area contributed by atoms with E-state index in [0.29, 0.717) is 18.4 Å². The molecular weight excluding hydrogens is 483 g/mol. The summed E-state index contributed by atoms with van der Waals surface area (Å²) in [6, 6.07) is 26.1. The number of ketones is 1. The summed E-state index contributed by atoms with van der Waals surface area (Å²) in [7, 11) is -2.43. The highest BCUT2D eigenvalue weighted by Gasteiger charge is 2.45. The summed E-state index contributed by atoms with van der Waals surface area (Å²) in [4.78, 5) is 14.2. The van der Waals surface area contributed by atoms with Gasteiger partial charge in [-0.25, -0.2) is 4.57 Å². The Bertz CT molecular complexity index is 1210. The molecule has 37 heavy (non-hydrogen) atoms. The first kappa shape index (κ1) is 27.5. The van der Waals surface area contributed by atoms with E-state index < -0.39 is 19.8 Å². The second-order valence-electron chi connectivity index (χ2n) is 9.58. The number of carbonyl (C=O) groups is 1. The number of Topliss-reactive ketones (excluding diaryl/α,β-unsaturated/α-hetero) is 1. The Kier molecular flexibility index (Phi) is 9.50. The molecule has 3 aromatic carbocycles. The fourth-order valence-electron chi connectivity index (χ4n) is 5.30. The van der Waals surface area contributed by atoms with Crippen LogP contribution in [0.15, 0.2) is 78.9 Å². The number of benzene rings is 3. The van der Waals surface area contributed by atoms with Crippen molar-refractivity contribution in [3.8, 4) is 0 Å². The molecule has 0 spiro atoms. The van der Waals surface area contributed by atoms with E-state index in [9.17, 15) is 9.36 Å². The lowest BCUT2D eigenvalue weighted by Gasteiger charge is -2.30. The second kappa shape index (κ2) is 12.8. The van der Waals surface area contributed by atoms with E-state index in [4.69, 9.17) is 13.6 Å². The van der Waals surface area contributed by atoms with Crippen molar-refractivity contribution in [2.75, 3.05) is 13.7 Å². The number of phosphoric ester groups is 1. The van der Waals surface area contributed by atoms with E-state index in [0.717, 1.165) is 36.0 Å². The van der Waals surface area contributed by atoms with Crippen LogP contribution in [-0.2, 0) is 37.4 Å². The number of phosphoric acid groups is 1. The summed E-state index contributed by atoms with van der Waals surface area (Å²) in [5.41, 5.74) is 5.15. The van der Waals surface area contributed by atoms with Crippen molar-refractivity contribution >= 4 is 13.6 Å². The molecule has 0 amide bonds. The lowest BCUT2D eigenvalue weighted by molar-refractivity contribution is 0.0641. The molecule has 6 heteroatoms. The van der Waals surface area contributed by atoms with Gasteiger partial charge in [0, 0.05) is 30.9 Å². The lowest BCUT2D eigenvalue weighted by atomic mass is 9.77. The van der Waals surface area contributed by atoms with E-state index in [-0.39, 0.29) is 18.3 Å². The molecular formula is C31H37O5P. The highest BCUT2D eigenvalue weighted by atomic mass is 31.2. The van der Waals surface area contributed by atoms with Crippen LogP contribution in [0.25, 0.3) is 0 Å². The zero-order valence-electron chi connectivity index (χ0n) is 22.0. The van der Waals surface area contributed by atoms with E-state index in [2.05, 4.69) is 31.2 Å². The molecule has 0 aliphatic heterocycles. The molecule has 196 valence electrons. The maximum absolute atomic E-state index is 14.2. The first-order valence-corrected chi connectivity index (χ1v) is 14.7. The summed E-state index contributed by atoms with van der Waals surface area (Å²) >= 11 is 0. The maximum Gasteiger partial charge on any atom is 0.474 e. The Labute approximate surface area is 220 Å². The number of hydrogen-bond acceptors (Lipinski definition) is 5. The van der Waals surface area contributed by atoms with Gasteiger partial charge < -0.3 is 0 Å². The summed E-state index contributed by atoms with van der Waals surface area (Å²) in [5.74, 6) is -0.651. The molecule has 4 atom stereocenters. The smallest absolute Gasteiger partial charge is 0.294 e. The van der Waals surface area contributed by atoms with Crippen molar-refractivity contribution in [1.82, 2.24) is 0 Å². The van der Waals surface area contributed by atoms with E-state index >= 15 is 0 Å². The molecule has 0 saturated carbocycles. The van der Waals surface area contributed by atoms with Crippen LogP contribution < -0.4 is 0 Å². The second-order valence-corrected chi connectivity index (χ2v) is 11.3. The summed E-state index contributed by atoms with van der Waals surface area (Å²) in [6.07, 6.45) is 3.83. The molecule has 0 N–H and O–H groups in total. The van der Waals surface area contributed by atoms with Crippen molar-refractivity contribution in [2.45, 2.75) is 58.0 Å². The van der Waals surface area contributed by atoms with Crippen LogP contribution in [0, 0.1) is 5.92 Å². The zero-order chi connectivity index (χ0) is 26.3. The van der Waals surface area contributed by atoms with Crippen LogP contribution in [-0.4, -0.2) is 25.6 Å². The van der Waals surface area contributed by atoms with Crippen molar-refractivity contribution in [2.24, 2.45) is 5.92 Å². The van der Waals surface area contributed by atoms with E-state index in [1.807, 2.05) is 54.6 Å². The number of aryl methyl sites for hydroxylation is 1. The third-order valence-corrected chi connectivity index (χ3v) is 8.69. The van der Waals surface area contributed by atoms with Gasteiger partial charge in [-0.1, -0.05) is 92.2 Å². The van der Waals surface area contributed by atoms with Crippen molar-refractivity contribution < 1.29 is 22.9 Å². The molecule has 1 aliphatic carbocycles. The van der Waals surface area contributed by atoms with Gasteiger partial charge in [-0.05, 0) is 48.4 Å². The molecule has 4 unspecified atom stereocenters. The fraction of sp³-hybridized carbons (Fsp3) is 0.387. The Morgan fingerprint density at radius 2 is 1.65 bits per heavy atom. The van der Waals surface area contributed by atoms with Gasteiger partial charge in [-0.2, -0.15) is 0 Å². The summed E-state index contributed by atoms with van der Waals surface area (Å²) in [5, 5.41) is 0. The average molecular weight is 521 g/mol. The van der Waals surface area contributed by atoms with Crippen LogP contribution in [0.5, 0.6) is 0 Å². The van der Waals surface area contributed by atoms with Crippen molar-refractivity contribution in [3.63, 3.8) is 0 Å². The predicted octanol–water partition coefficient (Wildman–Crippen LogP) is 7.59. The number of hydrogen-bond donors (Lipinski definition) is 0. The molecule has 0 aromatic heterocycles. The van der Waals surface area contributed by atoms with Crippen LogP contribution in [0.3, 0.4) is 0 Å². The number of fused-ring (bicyclic) bond motifs is 1. The predicted molar refractivity (Wildman–Crippen MR) is 147 cm³/mol. The van der Waals surface area contributed by atoms with Gasteiger partial charge in [0.1, 0.15) is 0 Å². The molecule has 0 radical (unpaired) electrons. The normalized spacial score (nSPS) is 19.2. The summed E-state index contributed by atoms with van der Waals surface area (Å²) in [6.45, 7) is 4.13. The Morgan fingerprint density at radius 1 is 0.946 bits per heavy atom. The van der Waals surface area contributed by atoms with E-state index in [1.54, 1.807) is 6.92 Å². The summed E-state index contributed by atoms with van der Waals surface area (Å²) < 4.78 is 29.9. The standard InChI is InChI=1S/C31H37O5P/c1-4-6-12-23-17-19-25(20-18-23)31(32)28(21-24-13-8-7-9-14-24)30-27-16-11-10-15-26(27)22-29(30)36-37(33,34-3)35-5-2/h7-11,13-20,28-30H,4-6,12,21-22H2,1-3H3. The van der Waals surface area contributed by atoms with Gasteiger partial charge in [0.05, 0.1) is 12.7 Å².